The molecule has 0 unspecified atom stereocenters. The quantitative estimate of drug-likeness (QED) is 0.507. The fraction of sp³-hybridized carbons (Fsp3) is 0.316. The number of nitrogens with one attached hydrogen (secondary N) is 2. The van der Waals surface area contributed by atoms with Gasteiger partial charge in [0.2, 0.25) is 5.91 Å². The minimum Gasteiger partial charge on any atom is -0.493 e. The second kappa shape index (κ2) is 10.3. The van der Waals surface area contributed by atoms with Gasteiger partial charge < -0.3 is 9.47 Å². The van der Waals surface area contributed by atoms with Crippen LogP contribution in [0.15, 0.2) is 35.7 Å². The van der Waals surface area contributed by atoms with Gasteiger partial charge in [-0.1, -0.05) is 13.0 Å². The summed E-state index contributed by atoms with van der Waals surface area (Å²) in [5.41, 5.74) is 4.95. The molecule has 0 aliphatic rings. The Morgan fingerprint density at radius 1 is 1.07 bits per heavy atom. The molecule has 0 saturated carbocycles. The summed E-state index contributed by atoms with van der Waals surface area (Å²) in [6.07, 6.45) is 0.927. The van der Waals surface area contributed by atoms with Crippen LogP contribution in [0.3, 0.4) is 0 Å². The molecule has 0 spiro atoms. The van der Waals surface area contributed by atoms with Crippen LogP contribution in [0, 0.1) is 0 Å². The number of hydrogen-bond donors (Lipinski definition) is 2. The number of rotatable bonds is 9. The van der Waals surface area contributed by atoms with Crippen molar-refractivity contribution >= 4 is 28.9 Å². The van der Waals surface area contributed by atoms with Crippen molar-refractivity contribution in [2.45, 2.75) is 26.2 Å². The number of carbonyl (C=O) groups excluding carboxylic acids is 3. The molecule has 1 aromatic heterocycles. The second-order valence-electron chi connectivity index (χ2n) is 5.62. The first-order chi connectivity index (χ1) is 13.0. The fourth-order valence-electron chi connectivity index (χ4n) is 2.19. The third-order valence-corrected chi connectivity index (χ3v) is 4.49. The van der Waals surface area contributed by atoms with Crippen molar-refractivity contribution in [2.75, 3.05) is 13.7 Å². The molecule has 27 heavy (non-hydrogen) atoms. The SMILES string of the molecule is CCCOc1ccc(C(=O)NNC(=O)CCC(=O)c2cccs2)cc1OC. The number of methoxy groups -OCH3 is 1. The van der Waals surface area contributed by atoms with E-state index in [4.69, 9.17) is 9.47 Å². The van der Waals surface area contributed by atoms with Gasteiger partial charge in [-0.3, -0.25) is 25.2 Å². The van der Waals surface area contributed by atoms with E-state index >= 15 is 0 Å². The minimum absolute atomic E-state index is 0.00979. The topological polar surface area (TPSA) is 93.7 Å². The van der Waals surface area contributed by atoms with Crippen LogP contribution in [0.2, 0.25) is 0 Å². The molecule has 2 rings (SSSR count). The Balaban J connectivity index is 1.83. The molecule has 0 aliphatic heterocycles. The van der Waals surface area contributed by atoms with E-state index in [1.54, 1.807) is 29.6 Å². The molecule has 2 amide bonds. The van der Waals surface area contributed by atoms with Crippen LogP contribution < -0.4 is 20.3 Å². The van der Waals surface area contributed by atoms with Crippen LogP contribution >= 0.6 is 11.3 Å². The Labute approximate surface area is 161 Å². The van der Waals surface area contributed by atoms with Crippen molar-refractivity contribution in [2.24, 2.45) is 0 Å². The molecule has 1 aromatic carbocycles. The van der Waals surface area contributed by atoms with E-state index in [1.807, 2.05) is 6.92 Å². The van der Waals surface area contributed by atoms with E-state index in [0.717, 1.165) is 6.42 Å². The Bertz CT molecular complexity index is 789. The molecule has 0 radical (unpaired) electrons. The molecule has 0 atom stereocenters. The summed E-state index contributed by atoms with van der Waals surface area (Å²) in [6.45, 7) is 2.53. The molecular formula is C19H22N2O5S. The van der Waals surface area contributed by atoms with Gasteiger partial charge in [0, 0.05) is 18.4 Å². The van der Waals surface area contributed by atoms with Crippen LogP contribution in [0.25, 0.3) is 0 Å². The molecule has 7 nitrogen and oxygen atoms in total. The summed E-state index contributed by atoms with van der Waals surface area (Å²) in [5.74, 6) is -0.0497. The van der Waals surface area contributed by atoms with Gasteiger partial charge in [-0.05, 0) is 36.1 Å². The molecule has 2 aromatic rings. The van der Waals surface area contributed by atoms with Gasteiger partial charge in [0.25, 0.3) is 5.91 Å². The van der Waals surface area contributed by atoms with E-state index in [1.165, 1.54) is 24.5 Å². The number of hydrogen-bond acceptors (Lipinski definition) is 6. The van der Waals surface area contributed by atoms with Crippen LogP contribution in [-0.4, -0.2) is 31.3 Å². The Morgan fingerprint density at radius 3 is 2.56 bits per heavy atom. The van der Waals surface area contributed by atoms with Crippen molar-refractivity contribution in [3.8, 4) is 11.5 Å². The molecule has 0 aliphatic carbocycles. The lowest BCUT2D eigenvalue weighted by molar-refractivity contribution is -0.121. The normalized spacial score (nSPS) is 10.1. The molecular weight excluding hydrogens is 368 g/mol. The second-order valence-corrected chi connectivity index (χ2v) is 6.56. The summed E-state index contributed by atoms with van der Waals surface area (Å²) in [5, 5.41) is 1.81. The summed E-state index contributed by atoms with van der Waals surface area (Å²) in [4.78, 5) is 36.5. The van der Waals surface area contributed by atoms with Gasteiger partial charge >= 0.3 is 0 Å². The van der Waals surface area contributed by atoms with E-state index in [0.29, 0.717) is 28.5 Å². The molecule has 0 fully saturated rings. The average molecular weight is 390 g/mol. The third-order valence-electron chi connectivity index (χ3n) is 3.58. The monoisotopic (exact) mass is 390 g/mol. The molecule has 8 heteroatoms. The fourth-order valence-corrected chi connectivity index (χ4v) is 2.88. The van der Waals surface area contributed by atoms with Gasteiger partial charge in [0.1, 0.15) is 0 Å². The Morgan fingerprint density at radius 2 is 1.89 bits per heavy atom. The highest BCUT2D eigenvalue weighted by Gasteiger charge is 2.13. The average Bonchev–Trinajstić information content (AvgIpc) is 3.23. The zero-order chi connectivity index (χ0) is 19.6. The zero-order valence-electron chi connectivity index (χ0n) is 15.2. The molecule has 0 saturated heterocycles. The van der Waals surface area contributed by atoms with Crippen molar-refractivity contribution < 1.29 is 23.9 Å². The number of ketones is 1. The summed E-state index contributed by atoms with van der Waals surface area (Å²) < 4.78 is 10.8. The zero-order valence-corrected chi connectivity index (χ0v) is 16.1. The molecule has 0 bridgehead atoms. The third kappa shape index (κ3) is 6.10. The van der Waals surface area contributed by atoms with Gasteiger partial charge in [0.15, 0.2) is 17.3 Å². The van der Waals surface area contributed by atoms with Crippen LogP contribution in [0.1, 0.15) is 46.2 Å². The highest BCUT2D eigenvalue weighted by molar-refractivity contribution is 7.12. The number of Topliss-reactive ketones (excluding diaryl/α,β-unsaturated/α-hetero) is 1. The first kappa shape index (κ1) is 20.4. The number of benzene rings is 1. The predicted octanol–water partition coefficient (Wildman–Crippen LogP) is 2.97. The summed E-state index contributed by atoms with van der Waals surface area (Å²) >= 11 is 1.33. The summed E-state index contributed by atoms with van der Waals surface area (Å²) in [6, 6.07) is 8.26. The molecule has 144 valence electrons. The van der Waals surface area contributed by atoms with Crippen LogP contribution in [0.4, 0.5) is 0 Å². The number of carbonyl (C=O) groups is 3. The number of ether oxygens (including phenoxy) is 2. The van der Waals surface area contributed by atoms with Gasteiger partial charge in [0.05, 0.1) is 18.6 Å². The largest absolute Gasteiger partial charge is 0.493 e. The summed E-state index contributed by atoms with van der Waals surface area (Å²) in [7, 11) is 1.49. The maximum absolute atomic E-state index is 12.2. The van der Waals surface area contributed by atoms with E-state index in [9.17, 15) is 14.4 Å². The van der Waals surface area contributed by atoms with Gasteiger partial charge in [-0.25, -0.2) is 0 Å². The number of hydrazine groups is 1. The first-order valence-electron chi connectivity index (χ1n) is 8.51. The maximum atomic E-state index is 12.2. The lowest BCUT2D eigenvalue weighted by Crippen LogP contribution is -2.41. The van der Waals surface area contributed by atoms with Crippen molar-refractivity contribution in [3.05, 3.63) is 46.2 Å². The van der Waals surface area contributed by atoms with Crippen LogP contribution in [-0.2, 0) is 4.79 Å². The lowest BCUT2D eigenvalue weighted by atomic mass is 10.2. The molecule has 2 N–H and O–H groups in total. The number of amides is 2. The number of thiophene rings is 1. The van der Waals surface area contributed by atoms with E-state index in [2.05, 4.69) is 10.9 Å². The maximum Gasteiger partial charge on any atom is 0.269 e. The Kier molecular flexibility index (Phi) is 7.81. The van der Waals surface area contributed by atoms with Crippen molar-refractivity contribution in [3.63, 3.8) is 0 Å². The minimum atomic E-state index is -0.492. The lowest BCUT2D eigenvalue weighted by Gasteiger charge is -2.12. The van der Waals surface area contributed by atoms with Crippen molar-refractivity contribution in [1.82, 2.24) is 10.9 Å². The predicted molar refractivity (Wildman–Crippen MR) is 102 cm³/mol. The van der Waals surface area contributed by atoms with E-state index in [-0.39, 0.29) is 18.6 Å². The van der Waals surface area contributed by atoms with Gasteiger partial charge in [-0.15, -0.1) is 11.3 Å². The van der Waals surface area contributed by atoms with Crippen LogP contribution in [0.5, 0.6) is 11.5 Å². The van der Waals surface area contributed by atoms with Crippen molar-refractivity contribution in [1.29, 1.82) is 0 Å². The van der Waals surface area contributed by atoms with E-state index < -0.39 is 11.8 Å². The first-order valence-corrected chi connectivity index (χ1v) is 9.39. The smallest absolute Gasteiger partial charge is 0.269 e. The molecule has 1 heterocycles. The Hall–Kier alpha value is -2.87. The highest BCUT2D eigenvalue weighted by atomic mass is 32.1. The highest BCUT2D eigenvalue weighted by Crippen LogP contribution is 2.28. The van der Waals surface area contributed by atoms with Gasteiger partial charge in [-0.2, -0.15) is 0 Å². The standard InChI is InChI=1S/C19H22N2O5S/c1-3-10-26-15-8-6-13(12-16(15)25-2)19(24)21-20-18(23)9-7-14(22)17-5-4-11-27-17/h4-6,8,11-12H,3,7,9-10H2,1-2H3,(H,20,23)(H,21,24).